The van der Waals surface area contributed by atoms with Crippen LogP contribution in [0.15, 0.2) is 24.3 Å². The molecule has 0 fully saturated rings. The van der Waals surface area contributed by atoms with Crippen molar-refractivity contribution in [2.45, 2.75) is 39.4 Å². The first-order valence-electron chi connectivity index (χ1n) is 5.99. The molecule has 1 aromatic carbocycles. The van der Waals surface area contributed by atoms with E-state index in [2.05, 4.69) is 0 Å². The predicted octanol–water partition coefficient (Wildman–Crippen LogP) is 1.89. The van der Waals surface area contributed by atoms with E-state index in [0.717, 1.165) is 0 Å². The van der Waals surface area contributed by atoms with E-state index >= 15 is 0 Å². The number of primary amides is 1. The molecular formula is C14H19NO4. The summed E-state index contributed by atoms with van der Waals surface area (Å²) in [5, 5.41) is 0. The summed E-state index contributed by atoms with van der Waals surface area (Å²) in [6.07, 6.45) is -0.820. The van der Waals surface area contributed by atoms with Gasteiger partial charge in [-0.2, -0.15) is 0 Å². The second-order valence-corrected chi connectivity index (χ2v) is 5.15. The highest BCUT2D eigenvalue weighted by molar-refractivity contribution is 5.95. The Hall–Kier alpha value is -2.04. The number of benzene rings is 1. The van der Waals surface area contributed by atoms with Crippen molar-refractivity contribution in [2.24, 2.45) is 5.73 Å². The first-order valence-corrected chi connectivity index (χ1v) is 5.99. The van der Waals surface area contributed by atoms with Gasteiger partial charge in [0.05, 0.1) is 5.56 Å². The van der Waals surface area contributed by atoms with E-state index in [1.165, 1.54) is 0 Å². The third-order valence-electron chi connectivity index (χ3n) is 2.19. The minimum Gasteiger partial charge on any atom is -0.478 e. The van der Waals surface area contributed by atoms with E-state index in [1.54, 1.807) is 52.0 Å². The number of hydrogen-bond acceptors (Lipinski definition) is 4. The lowest BCUT2D eigenvalue weighted by Crippen LogP contribution is -2.33. The average molecular weight is 265 g/mol. The summed E-state index contributed by atoms with van der Waals surface area (Å²) in [6.45, 7) is 6.88. The molecule has 0 aliphatic rings. The van der Waals surface area contributed by atoms with Crippen LogP contribution in [0.4, 0.5) is 0 Å². The molecular weight excluding hydrogens is 246 g/mol. The van der Waals surface area contributed by atoms with Crippen LogP contribution in [0.2, 0.25) is 0 Å². The summed E-state index contributed by atoms with van der Waals surface area (Å²) < 4.78 is 10.6. The largest absolute Gasteiger partial charge is 0.478 e. The highest BCUT2D eigenvalue weighted by Crippen LogP contribution is 2.19. The number of ether oxygens (including phenoxy) is 2. The zero-order valence-electron chi connectivity index (χ0n) is 11.6. The van der Waals surface area contributed by atoms with E-state index in [1.807, 2.05) is 0 Å². The first kappa shape index (κ1) is 15.0. The van der Waals surface area contributed by atoms with Crippen LogP contribution in [0.25, 0.3) is 0 Å². The zero-order chi connectivity index (χ0) is 14.6. The molecule has 0 saturated carbocycles. The zero-order valence-corrected chi connectivity index (χ0v) is 11.6. The van der Waals surface area contributed by atoms with Gasteiger partial charge in [-0.1, -0.05) is 12.1 Å². The smallest absolute Gasteiger partial charge is 0.347 e. The molecule has 5 heteroatoms. The van der Waals surface area contributed by atoms with E-state index in [0.29, 0.717) is 0 Å². The van der Waals surface area contributed by atoms with Crippen LogP contribution in [-0.2, 0) is 9.53 Å². The van der Waals surface area contributed by atoms with Gasteiger partial charge in [0.15, 0.2) is 6.10 Å². The molecule has 0 saturated heterocycles. The number of rotatable bonds is 4. The molecule has 0 aliphatic heterocycles. The summed E-state index contributed by atoms with van der Waals surface area (Å²) in [5.74, 6) is -0.827. The van der Waals surface area contributed by atoms with Crippen LogP contribution >= 0.6 is 0 Å². The van der Waals surface area contributed by atoms with Crippen molar-refractivity contribution in [2.75, 3.05) is 0 Å². The number of hydrogen-bond donors (Lipinski definition) is 1. The molecule has 0 aromatic heterocycles. The quantitative estimate of drug-likeness (QED) is 0.843. The number of esters is 1. The maximum atomic E-state index is 11.8. The van der Waals surface area contributed by atoms with E-state index in [9.17, 15) is 9.59 Å². The van der Waals surface area contributed by atoms with E-state index in [-0.39, 0.29) is 11.3 Å². The van der Waals surface area contributed by atoms with Gasteiger partial charge < -0.3 is 15.2 Å². The molecule has 1 aromatic rings. The molecule has 1 amide bonds. The number of amides is 1. The molecule has 5 nitrogen and oxygen atoms in total. The Balaban J connectivity index is 2.80. The predicted molar refractivity (Wildman–Crippen MR) is 70.9 cm³/mol. The van der Waals surface area contributed by atoms with Crippen molar-refractivity contribution < 1.29 is 19.1 Å². The molecule has 1 rings (SSSR count). The molecule has 2 N–H and O–H groups in total. The van der Waals surface area contributed by atoms with Gasteiger partial charge in [0, 0.05) is 0 Å². The molecule has 1 atom stereocenters. The number of nitrogens with two attached hydrogens (primary N) is 1. The fourth-order valence-corrected chi connectivity index (χ4v) is 1.40. The van der Waals surface area contributed by atoms with Crippen molar-refractivity contribution in [1.29, 1.82) is 0 Å². The Morgan fingerprint density at radius 2 is 1.79 bits per heavy atom. The van der Waals surface area contributed by atoms with Crippen molar-refractivity contribution in [3.8, 4) is 5.75 Å². The van der Waals surface area contributed by atoms with Gasteiger partial charge in [-0.15, -0.1) is 0 Å². The Kier molecular flexibility index (Phi) is 4.53. The van der Waals surface area contributed by atoms with Crippen molar-refractivity contribution in [3.05, 3.63) is 29.8 Å². The SMILES string of the molecule is CC(Oc1ccccc1C(N)=O)C(=O)OC(C)(C)C. The highest BCUT2D eigenvalue weighted by atomic mass is 16.6. The van der Waals surface area contributed by atoms with Crippen molar-refractivity contribution >= 4 is 11.9 Å². The Bertz CT molecular complexity index is 477. The lowest BCUT2D eigenvalue weighted by molar-refractivity contribution is -0.162. The van der Waals surface area contributed by atoms with E-state index < -0.39 is 23.6 Å². The van der Waals surface area contributed by atoms with Gasteiger partial charge in [-0.25, -0.2) is 4.79 Å². The molecule has 0 radical (unpaired) electrons. The van der Waals surface area contributed by atoms with Crippen LogP contribution in [0.1, 0.15) is 38.1 Å². The normalized spacial score (nSPS) is 12.6. The number of carbonyl (C=O) groups is 2. The number of carbonyl (C=O) groups excluding carboxylic acids is 2. The van der Waals surface area contributed by atoms with Crippen LogP contribution in [0.3, 0.4) is 0 Å². The van der Waals surface area contributed by atoms with Gasteiger partial charge in [-0.05, 0) is 39.8 Å². The van der Waals surface area contributed by atoms with Gasteiger partial charge >= 0.3 is 5.97 Å². The lowest BCUT2D eigenvalue weighted by atomic mass is 10.2. The fourth-order valence-electron chi connectivity index (χ4n) is 1.40. The van der Waals surface area contributed by atoms with Crippen LogP contribution in [-0.4, -0.2) is 23.6 Å². The van der Waals surface area contributed by atoms with Gasteiger partial charge in [-0.3, -0.25) is 4.79 Å². The maximum absolute atomic E-state index is 11.8. The minimum absolute atomic E-state index is 0.234. The van der Waals surface area contributed by atoms with Crippen molar-refractivity contribution in [1.82, 2.24) is 0 Å². The summed E-state index contributed by atoms with van der Waals surface area (Å²) in [7, 11) is 0. The van der Waals surface area contributed by atoms with Gasteiger partial charge in [0.2, 0.25) is 0 Å². The second-order valence-electron chi connectivity index (χ2n) is 5.15. The fraction of sp³-hybridized carbons (Fsp3) is 0.429. The minimum atomic E-state index is -0.820. The van der Waals surface area contributed by atoms with Gasteiger partial charge in [0.1, 0.15) is 11.4 Å². The molecule has 0 heterocycles. The first-order chi connectivity index (χ1) is 8.70. The summed E-state index contributed by atoms with van der Waals surface area (Å²) in [6, 6.07) is 6.50. The molecule has 0 aliphatic carbocycles. The number of para-hydroxylation sites is 1. The Morgan fingerprint density at radius 1 is 1.21 bits per heavy atom. The van der Waals surface area contributed by atoms with Gasteiger partial charge in [0.25, 0.3) is 5.91 Å². The molecule has 1 unspecified atom stereocenters. The van der Waals surface area contributed by atoms with E-state index in [4.69, 9.17) is 15.2 Å². The molecule has 0 bridgehead atoms. The second kappa shape index (κ2) is 5.73. The van der Waals surface area contributed by atoms with Crippen molar-refractivity contribution in [3.63, 3.8) is 0 Å². The molecule has 19 heavy (non-hydrogen) atoms. The third kappa shape index (κ3) is 4.62. The van der Waals surface area contributed by atoms with Crippen LogP contribution in [0.5, 0.6) is 5.75 Å². The molecule has 0 spiro atoms. The summed E-state index contributed by atoms with van der Waals surface area (Å²) in [4.78, 5) is 23.0. The third-order valence-corrected chi connectivity index (χ3v) is 2.19. The maximum Gasteiger partial charge on any atom is 0.347 e. The lowest BCUT2D eigenvalue weighted by Gasteiger charge is -2.23. The highest BCUT2D eigenvalue weighted by Gasteiger charge is 2.24. The topological polar surface area (TPSA) is 78.6 Å². The summed E-state index contributed by atoms with van der Waals surface area (Å²) >= 11 is 0. The average Bonchev–Trinajstić information content (AvgIpc) is 2.27. The Morgan fingerprint density at radius 3 is 2.32 bits per heavy atom. The van der Waals surface area contributed by atoms with Crippen LogP contribution < -0.4 is 10.5 Å². The summed E-state index contributed by atoms with van der Waals surface area (Å²) in [5.41, 5.74) is 4.88. The standard InChI is InChI=1S/C14H19NO4/c1-9(13(17)19-14(2,3)4)18-11-8-6-5-7-10(11)12(15)16/h5-9H,1-4H3,(H2,15,16). The molecule has 104 valence electrons. The monoisotopic (exact) mass is 265 g/mol. The Labute approximate surface area is 112 Å². The van der Waals surface area contributed by atoms with Crippen LogP contribution in [0, 0.1) is 0 Å².